The molecule has 8 heteroatoms. The number of nitrogens with one attached hydrogen (secondary N) is 1. The maximum absolute atomic E-state index is 12.3. The van der Waals surface area contributed by atoms with Gasteiger partial charge in [0.1, 0.15) is 5.15 Å². The van der Waals surface area contributed by atoms with Crippen LogP contribution in [0.4, 0.5) is 0 Å². The maximum atomic E-state index is 12.3. The van der Waals surface area contributed by atoms with Gasteiger partial charge in [-0.3, -0.25) is 9.48 Å². The fourth-order valence-corrected chi connectivity index (χ4v) is 3.25. The lowest BCUT2D eigenvalue weighted by atomic mass is 10.2. The number of fused-ring (bicyclic) bond motifs is 1. The number of aromatic amines is 1. The van der Waals surface area contributed by atoms with Gasteiger partial charge in [-0.2, -0.15) is 5.10 Å². The molecule has 0 aliphatic rings. The number of hydrogen-bond acceptors (Lipinski definition) is 5. The van der Waals surface area contributed by atoms with Crippen LogP contribution in [-0.2, 0) is 16.1 Å². The lowest BCUT2D eigenvalue weighted by molar-refractivity contribution is -0.142. The molecule has 1 atom stereocenters. The molecule has 29 heavy (non-hydrogen) atoms. The molecule has 3 aromatic rings. The zero-order chi connectivity index (χ0) is 21.0. The smallest absolute Gasteiger partial charge is 0.331 e. The van der Waals surface area contributed by atoms with Crippen LogP contribution >= 0.6 is 11.6 Å². The van der Waals surface area contributed by atoms with E-state index in [0.29, 0.717) is 21.6 Å². The van der Waals surface area contributed by atoms with Gasteiger partial charge in [0, 0.05) is 18.2 Å². The van der Waals surface area contributed by atoms with Gasteiger partial charge in [0.05, 0.1) is 16.6 Å². The van der Waals surface area contributed by atoms with Crippen molar-refractivity contribution in [2.45, 2.75) is 46.3 Å². The van der Waals surface area contributed by atoms with Crippen molar-refractivity contribution < 1.29 is 9.53 Å². The first-order chi connectivity index (χ1) is 13.9. The van der Waals surface area contributed by atoms with Gasteiger partial charge < -0.3 is 9.72 Å². The van der Waals surface area contributed by atoms with E-state index in [1.165, 1.54) is 6.08 Å². The second kappa shape index (κ2) is 9.05. The molecule has 0 unspecified atom stereocenters. The first kappa shape index (κ1) is 20.8. The monoisotopic (exact) mass is 414 g/mol. The van der Waals surface area contributed by atoms with E-state index in [9.17, 15) is 9.59 Å². The molecule has 7 nitrogen and oxygen atoms in total. The van der Waals surface area contributed by atoms with E-state index in [-0.39, 0.29) is 11.4 Å². The molecule has 1 aromatic carbocycles. The number of para-hydroxylation sites is 1. The third-order valence-electron chi connectivity index (χ3n) is 4.53. The number of esters is 1. The number of carbonyl (C=O) groups excluding carboxylic acids is 1. The summed E-state index contributed by atoms with van der Waals surface area (Å²) in [6.07, 6.45) is 4.19. The summed E-state index contributed by atoms with van der Waals surface area (Å²) in [6, 6.07) is 7.00. The number of H-pyrrole nitrogens is 1. The summed E-state index contributed by atoms with van der Waals surface area (Å²) < 4.78 is 7.12. The number of carbonyl (C=O) groups is 1. The normalized spacial score (nSPS) is 12.6. The Morgan fingerprint density at radius 3 is 2.90 bits per heavy atom. The average Bonchev–Trinajstić information content (AvgIpc) is 2.97. The van der Waals surface area contributed by atoms with E-state index in [1.54, 1.807) is 41.9 Å². The van der Waals surface area contributed by atoms with E-state index in [2.05, 4.69) is 22.0 Å². The van der Waals surface area contributed by atoms with Crippen molar-refractivity contribution in [3.8, 4) is 0 Å². The highest BCUT2D eigenvalue weighted by molar-refractivity contribution is 6.31. The second-order valence-corrected chi connectivity index (χ2v) is 7.11. The van der Waals surface area contributed by atoms with Gasteiger partial charge in [-0.15, -0.1) is 0 Å². The van der Waals surface area contributed by atoms with Gasteiger partial charge in [-0.1, -0.05) is 37.1 Å². The number of aryl methyl sites for hydroxylation is 2. The fraction of sp³-hybridized carbons (Fsp3) is 0.333. The number of unbranched alkanes of at least 4 members (excludes halogenated alkanes) is 1. The minimum Gasteiger partial charge on any atom is -0.451 e. The van der Waals surface area contributed by atoms with Crippen molar-refractivity contribution >= 4 is 34.5 Å². The molecule has 0 aliphatic carbocycles. The Kier molecular flexibility index (Phi) is 6.49. The molecule has 0 bridgehead atoms. The fourth-order valence-electron chi connectivity index (χ4n) is 2.93. The summed E-state index contributed by atoms with van der Waals surface area (Å²) in [5.41, 5.74) is 1.70. The van der Waals surface area contributed by atoms with Crippen LogP contribution in [0.25, 0.3) is 17.0 Å². The highest BCUT2D eigenvalue weighted by atomic mass is 35.5. The van der Waals surface area contributed by atoms with Crippen molar-refractivity contribution in [1.29, 1.82) is 0 Å². The topological polar surface area (TPSA) is 89.9 Å². The van der Waals surface area contributed by atoms with Gasteiger partial charge >= 0.3 is 5.97 Å². The quantitative estimate of drug-likeness (QED) is 0.462. The molecule has 0 spiro atoms. The largest absolute Gasteiger partial charge is 0.451 e. The van der Waals surface area contributed by atoms with Crippen LogP contribution in [0.5, 0.6) is 0 Å². The van der Waals surface area contributed by atoms with Gasteiger partial charge in [0.25, 0.3) is 5.56 Å². The van der Waals surface area contributed by atoms with Crippen LogP contribution in [0.15, 0.2) is 35.1 Å². The van der Waals surface area contributed by atoms with Crippen LogP contribution in [0.3, 0.4) is 0 Å². The maximum Gasteiger partial charge on any atom is 0.331 e. The third-order valence-corrected chi connectivity index (χ3v) is 4.93. The molecule has 0 saturated carbocycles. The molecule has 2 aromatic heterocycles. The number of hydrogen-bond donors (Lipinski definition) is 1. The highest BCUT2D eigenvalue weighted by Crippen LogP contribution is 2.22. The molecule has 0 amide bonds. The average molecular weight is 415 g/mol. The standard InChI is InChI=1S/C21H23ClN4O3/c1-4-5-12-26-19(22)15(13(2)25-26)10-11-18(27)29-14(3)20-23-17-9-7-6-8-16(17)21(28)24-20/h6-11,14H,4-5,12H2,1-3H3,(H,23,24,28)/b11-10+/t14-/m0/s1. The van der Waals surface area contributed by atoms with E-state index in [4.69, 9.17) is 16.3 Å². The minimum absolute atomic E-state index is 0.272. The molecular weight excluding hydrogens is 392 g/mol. The summed E-state index contributed by atoms with van der Waals surface area (Å²) in [4.78, 5) is 31.5. The van der Waals surface area contributed by atoms with Crippen LogP contribution in [-0.4, -0.2) is 25.7 Å². The Morgan fingerprint density at radius 2 is 2.14 bits per heavy atom. The van der Waals surface area contributed by atoms with Gasteiger partial charge in [0.15, 0.2) is 11.9 Å². The predicted octanol–water partition coefficient (Wildman–Crippen LogP) is 4.20. The zero-order valence-corrected chi connectivity index (χ0v) is 17.4. The first-order valence-electron chi connectivity index (χ1n) is 9.51. The Balaban J connectivity index is 1.72. The van der Waals surface area contributed by atoms with Crippen molar-refractivity contribution in [3.05, 3.63) is 62.9 Å². The van der Waals surface area contributed by atoms with Crippen LogP contribution in [0.1, 0.15) is 49.9 Å². The molecule has 0 radical (unpaired) electrons. The van der Waals surface area contributed by atoms with Gasteiger partial charge in [-0.25, -0.2) is 9.78 Å². The molecule has 0 fully saturated rings. The van der Waals surface area contributed by atoms with Crippen molar-refractivity contribution in [2.24, 2.45) is 0 Å². The Morgan fingerprint density at radius 1 is 1.38 bits per heavy atom. The summed E-state index contributed by atoms with van der Waals surface area (Å²) in [7, 11) is 0. The summed E-state index contributed by atoms with van der Waals surface area (Å²) in [5.74, 6) is -0.276. The minimum atomic E-state index is -0.715. The molecule has 0 saturated heterocycles. The lowest BCUT2D eigenvalue weighted by Gasteiger charge is -2.11. The molecule has 2 heterocycles. The zero-order valence-electron chi connectivity index (χ0n) is 16.6. The van der Waals surface area contributed by atoms with E-state index in [0.717, 1.165) is 25.1 Å². The summed E-state index contributed by atoms with van der Waals surface area (Å²) in [6.45, 7) is 6.32. The SMILES string of the molecule is CCCCn1nc(C)c(/C=C/C(=O)O[C@@H](C)c2nc3ccccc3c(=O)[nH]2)c1Cl. The third kappa shape index (κ3) is 4.74. The number of nitrogens with zero attached hydrogens (tertiary/aromatic N) is 3. The summed E-state index contributed by atoms with van der Waals surface area (Å²) in [5, 5.41) is 5.38. The van der Waals surface area contributed by atoms with Crippen LogP contribution in [0.2, 0.25) is 5.15 Å². The second-order valence-electron chi connectivity index (χ2n) is 6.75. The van der Waals surface area contributed by atoms with E-state index in [1.807, 2.05) is 6.92 Å². The van der Waals surface area contributed by atoms with E-state index < -0.39 is 12.1 Å². The Bertz CT molecular complexity index is 1120. The Hall–Kier alpha value is -2.93. The summed E-state index contributed by atoms with van der Waals surface area (Å²) >= 11 is 6.37. The number of ether oxygens (including phenoxy) is 1. The molecule has 152 valence electrons. The van der Waals surface area contributed by atoms with Gasteiger partial charge in [-0.05, 0) is 38.5 Å². The predicted molar refractivity (Wildman–Crippen MR) is 113 cm³/mol. The van der Waals surface area contributed by atoms with Crippen molar-refractivity contribution in [3.63, 3.8) is 0 Å². The molecule has 0 aliphatic heterocycles. The van der Waals surface area contributed by atoms with Gasteiger partial charge in [0.2, 0.25) is 0 Å². The van der Waals surface area contributed by atoms with Crippen LogP contribution in [0, 0.1) is 6.92 Å². The van der Waals surface area contributed by atoms with Crippen LogP contribution < -0.4 is 5.56 Å². The number of aromatic nitrogens is 4. The lowest BCUT2D eigenvalue weighted by Crippen LogP contribution is -2.16. The Labute approximate surface area is 173 Å². The first-order valence-corrected chi connectivity index (χ1v) is 9.89. The molecule has 3 rings (SSSR count). The molecular formula is C21H23ClN4O3. The molecule has 1 N–H and O–H groups in total. The van der Waals surface area contributed by atoms with Crippen molar-refractivity contribution in [2.75, 3.05) is 0 Å². The number of rotatable bonds is 7. The number of benzene rings is 1. The van der Waals surface area contributed by atoms with Crippen molar-refractivity contribution in [1.82, 2.24) is 19.7 Å². The highest BCUT2D eigenvalue weighted by Gasteiger charge is 2.15. The number of halogens is 1. The van der Waals surface area contributed by atoms with E-state index >= 15 is 0 Å².